The maximum Gasteiger partial charge on any atom is 0.333 e. The lowest BCUT2D eigenvalue weighted by Crippen LogP contribution is -2.06. The Morgan fingerprint density at radius 3 is 2.05 bits per heavy atom. The molecule has 4 aromatic carbocycles. The van der Waals surface area contributed by atoms with Crippen LogP contribution in [0.2, 0.25) is 0 Å². The zero-order chi connectivity index (χ0) is 30.5. The number of aromatic nitrogens is 2. The van der Waals surface area contributed by atoms with Crippen LogP contribution in [0.5, 0.6) is 5.75 Å². The van der Waals surface area contributed by atoms with E-state index < -0.39 is 0 Å². The van der Waals surface area contributed by atoms with E-state index in [1.54, 1.807) is 6.92 Å². The predicted molar refractivity (Wildman–Crippen MR) is 173 cm³/mol. The van der Waals surface area contributed by atoms with Crippen LogP contribution in [0, 0.1) is 0 Å². The van der Waals surface area contributed by atoms with Gasteiger partial charge in [0, 0.05) is 22.6 Å². The highest BCUT2D eigenvalue weighted by molar-refractivity contribution is 5.87. The van der Waals surface area contributed by atoms with E-state index in [9.17, 15) is 4.79 Å². The SMILES string of the molecule is C=C(C)C(=O)OCCCCCCOc1ccc(-c2ccc(-c3nnc(-c4ccc5c(c4)-c4ccccc4C5C)o3)cc2)cc1. The molecule has 0 fully saturated rings. The number of fused-ring (bicyclic) bond motifs is 3. The van der Waals surface area contributed by atoms with E-state index in [2.05, 4.69) is 90.4 Å². The second kappa shape index (κ2) is 13.1. The Morgan fingerprint density at radius 1 is 0.727 bits per heavy atom. The summed E-state index contributed by atoms with van der Waals surface area (Å²) in [5.74, 6) is 1.93. The lowest BCUT2D eigenvalue weighted by Gasteiger charge is -2.08. The summed E-state index contributed by atoms with van der Waals surface area (Å²) in [4.78, 5) is 11.4. The standard InChI is InChI=1S/C38H36N2O4/c1-25(2)38(41)43-23-9-5-4-8-22-42-31-19-16-28(17-20-31)27-12-14-29(15-13-27)36-39-40-37(44-36)30-18-21-33-26(3)32-10-6-7-11-34(32)35(33)24-30/h6-7,10-21,24,26H,1,4-5,8-9,22-23H2,2-3H3. The van der Waals surface area contributed by atoms with Crippen LogP contribution < -0.4 is 4.74 Å². The fourth-order valence-electron chi connectivity index (χ4n) is 5.63. The minimum Gasteiger partial charge on any atom is -0.494 e. The molecule has 6 nitrogen and oxygen atoms in total. The molecule has 0 radical (unpaired) electrons. The first-order chi connectivity index (χ1) is 21.5. The number of hydrogen-bond acceptors (Lipinski definition) is 6. The quantitative estimate of drug-likeness (QED) is 0.0827. The lowest BCUT2D eigenvalue weighted by molar-refractivity contribution is -0.139. The van der Waals surface area contributed by atoms with Gasteiger partial charge in [-0.05, 0) is 102 Å². The van der Waals surface area contributed by atoms with E-state index in [-0.39, 0.29) is 5.97 Å². The Kier molecular flexibility index (Phi) is 8.69. The Labute approximate surface area is 258 Å². The van der Waals surface area contributed by atoms with Crippen LogP contribution in [0.25, 0.3) is 45.2 Å². The van der Waals surface area contributed by atoms with Gasteiger partial charge < -0.3 is 13.9 Å². The minimum atomic E-state index is -0.318. The Hall–Kier alpha value is -4.97. The van der Waals surface area contributed by atoms with Crippen molar-refractivity contribution in [1.29, 1.82) is 0 Å². The number of hydrogen-bond donors (Lipinski definition) is 0. The fraction of sp³-hybridized carbons (Fsp3) is 0.237. The van der Waals surface area contributed by atoms with Gasteiger partial charge in [-0.3, -0.25) is 0 Å². The van der Waals surface area contributed by atoms with Crippen molar-refractivity contribution in [2.45, 2.75) is 45.4 Å². The van der Waals surface area contributed by atoms with E-state index in [1.165, 1.54) is 22.3 Å². The van der Waals surface area contributed by atoms with Gasteiger partial charge in [-0.15, -0.1) is 10.2 Å². The molecule has 1 aliphatic rings. The molecule has 1 aromatic heterocycles. The lowest BCUT2D eigenvalue weighted by atomic mass is 9.98. The van der Waals surface area contributed by atoms with Crippen LogP contribution in [0.15, 0.2) is 108 Å². The number of esters is 1. The first-order valence-electron chi connectivity index (χ1n) is 15.2. The molecule has 1 aliphatic carbocycles. The summed E-state index contributed by atoms with van der Waals surface area (Å²) in [7, 11) is 0. The molecule has 0 N–H and O–H groups in total. The number of carbonyl (C=O) groups excluding carboxylic acids is 1. The molecule has 1 atom stereocenters. The minimum absolute atomic E-state index is 0.318. The zero-order valence-electron chi connectivity index (χ0n) is 25.2. The van der Waals surface area contributed by atoms with Crippen molar-refractivity contribution >= 4 is 5.97 Å². The molecule has 44 heavy (non-hydrogen) atoms. The molecule has 6 heteroatoms. The molecule has 0 bridgehead atoms. The highest BCUT2D eigenvalue weighted by atomic mass is 16.5. The van der Waals surface area contributed by atoms with Gasteiger partial charge in [0.15, 0.2) is 0 Å². The largest absolute Gasteiger partial charge is 0.494 e. The number of rotatable bonds is 12. The van der Waals surface area contributed by atoms with Gasteiger partial charge in [0.25, 0.3) is 0 Å². The van der Waals surface area contributed by atoms with Gasteiger partial charge in [0.1, 0.15) is 5.75 Å². The summed E-state index contributed by atoms with van der Waals surface area (Å²) in [5.41, 5.74) is 9.64. The first kappa shape index (κ1) is 29.1. The van der Waals surface area contributed by atoms with Gasteiger partial charge in [0.2, 0.25) is 11.8 Å². The van der Waals surface area contributed by atoms with Crippen LogP contribution in [0.3, 0.4) is 0 Å². The van der Waals surface area contributed by atoms with Crippen molar-refractivity contribution < 1.29 is 18.7 Å². The maximum atomic E-state index is 11.4. The van der Waals surface area contributed by atoms with Crippen LogP contribution in [-0.2, 0) is 9.53 Å². The van der Waals surface area contributed by atoms with Crippen molar-refractivity contribution in [2.24, 2.45) is 0 Å². The molecule has 0 spiro atoms. The number of benzene rings is 4. The van der Waals surface area contributed by atoms with E-state index in [0.29, 0.717) is 36.5 Å². The Balaban J connectivity index is 1.01. The number of unbranched alkanes of at least 4 members (excludes halogenated alkanes) is 3. The monoisotopic (exact) mass is 584 g/mol. The maximum absolute atomic E-state index is 11.4. The summed E-state index contributed by atoms with van der Waals surface area (Å²) in [6, 6.07) is 31.3. The molecular weight excluding hydrogens is 548 g/mol. The van der Waals surface area contributed by atoms with E-state index in [0.717, 1.165) is 53.7 Å². The second-order valence-corrected chi connectivity index (χ2v) is 11.3. The average Bonchev–Trinajstić information content (AvgIpc) is 3.66. The summed E-state index contributed by atoms with van der Waals surface area (Å²) in [6.45, 7) is 8.59. The van der Waals surface area contributed by atoms with Gasteiger partial charge in [-0.2, -0.15) is 0 Å². The number of nitrogens with zero attached hydrogens (tertiary/aromatic N) is 2. The smallest absolute Gasteiger partial charge is 0.333 e. The van der Waals surface area contributed by atoms with E-state index >= 15 is 0 Å². The first-order valence-corrected chi connectivity index (χ1v) is 15.2. The van der Waals surface area contributed by atoms with Crippen LogP contribution in [-0.4, -0.2) is 29.4 Å². The number of carbonyl (C=O) groups is 1. The molecule has 1 heterocycles. The van der Waals surface area contributed by atoms with Crippen molar-refractivity contribution in [3.63, 3.8) is 0 Å². The second-order valence-electron chi connectivity index (χ2n) is 11.3. The van der Waals surface area contributed by atoms with Crippen LogP contribution in [0.4, 0.5) is 0 Å². The summed E-state index contributed by atoms with van der Waals surface area (Å²) >= 11 is 0. The van der Waals surface area contributed by atoms with Crippen molar-refractivity contribution in [3.8, 4) is 50.9 Å². The molecular formula is C38H36N2O4. The summed E-state index contributed by atoms with van der Waals surface area (Å²) in [6.07, 6.45) is 3.82. The summed E-state index contributed by atoms with van der Waals surface area (Å²) < 4.78 is 17.2. The van der Waals surface area contributed by atoms with Crippen LogP contribution >= 0.6 is 0 Å². The summed E-state index contributed by atoms with van der Waals surface area (Å²) in [5, 5.41) is 8.71. The highest BCUT2D eigenvalue weighted by Crippen LogP contribution is 2.45. The van der Waals surface area contributed by atoms with E-state index in [1.807, 2.05) is 24.3 Å². The fourth-order valence-corrected chi connectivity index (χ4v) is 5.63. The van der Waals surface area contributed by atoms with E-state index in [4.69, 9.17) is 13.9 Å². The Morgan fingerprint density at radius 2 is 1.32 bits per heavy atom. The highest BCUT2D eigenvalue weighted by Gasteiger charge is 2.25. The number of ether oxygens (including phenoxy) is 2. The molecule has 0 saturated heterocycles. The third-order valence-electron chi connectivity index (χ3n) is 8.12. The molecule has 0 amide bonds. The Bertz CT molecular complexity index is 1770. The topological polar surface area (TPSA) is 74.5 Å². The molecule has 6 rings (SSSR count). The van der Waals surface area contributed by atoms with Crippen molar-refractivity contribution in [2.75, 3.05) is 13.2 Å². The van der Waals surface area contributed by atoms with Gasteiger partial charge >= 0.3 is 5.97 Å². The van der Waals surface area contributed by atoms with Crippen LogP contribution in [0.1, 0.15) is 56.6 Å². The molecule has 5 aromatic rings. The van der Waals surface area contributed by atoms with Gasteiger partial charge in [-0.25, -0.2) is 4.79 Å². The normalized spacial score (nSPS) is 13.3. The molecule has 222 valence electrons. The average molecular weight is 585 g/mol. The van der Waals surface area contributed by atoms with Crippen molar-refractivity contribution in [1.82, 2.24) is 10.2 Å². The zero-order valence-corrected chi connectivity index (χ0v) is 25.2. The predicted octanol–water partition coefficient (Wildman–Crippen LogP) is 9.26. The molecule has 1 unspecified atom stereocenters. The van der Waals surface area contributed by atoms with Gasteiger partial charge in [0.05, 0.1) is 13.2 Å². The molecule has 0 aliphatic heterocycles. The third-order valence-corrected chi connectivity index (χ3v) is 8.12. The van der Waals surface area contributed by atoms with Crippen molar-refractivity contribution in [3.05, 3.63) is 114 Å². The third kappa shape index (κ3) is 6.35. The molecule has 0 saturated carbocycles. The van der Waals surface area contributed by atoms with Gasteiger partial charge in [-0.1, -0.05) is 68.1 Å².